The third kappa shape index (κ3) is 3.28. The van der Waals surface area contributed by atoms with Gasteiger partial charge in [0.15, 0.2) is 6.04 Å². The number of nitrogens with zero attached hydrogens (tertiary/aromatic N) is 1. The Hall–Kier alpha value is -1.79. The fraction of sp³-hybridized carbons (Fsp3) is 0.308. The summed E-state index contributed by atoms with van der Waals surface area (Å²) in [5, 5.41) is 5.48. The molecule has 2 rings (SSSR count). The minimum absolute atomic E-state index is 0.142. The minimum Gasteiger partial charge on any atom is -0.352 e. The topological polar surface area (TPSA) is 78.5 Å². The Morgan fingerprint density at radius 1 is 1.24 bits per heavy atom. The van der Waals surface area contributed by atoms with Gasteiger partial charge in [0.25, 0.3) is 11.8 Å². The predicted molar refractivity (Wildman–Crippen MR) is 79.5 cm³/mol. The molecule has 1 aromatic carbocycles. The van der Waals surface area contributed by atoms with Gasteiger partial charge in [-0.25, -0.2) is 9.69 Å². The third-order valence-electron chi connectivity index (χ3n) is 2.74. The van der Waals surface area contributed by atoms with E-state index >= 15 is 0 Å². The van der Waals surface area contributed by atoms with Crippen LogP contribution in [0.1, 0.15) is 13.8 Å². The van der Waals surface area contributed by atoms with Crippen LogP contribution in [0.15, 0.2) is 18.2 Å². The molecule has 0 saturated carbocycles. The monoisotopic (exact) mass is 329 g/mol. The van der Waals surface area contributed by atoms with Crippen molar-refractivity contribution in [1.82, 2.24) is 10.6 Å². The van der Waals surface area contributed by atoms with Crippen LogP contribution < -0.4 is 15.5 Å². The van der Waals surface area contributed by atoms with Crippen LogP contribution in [0, 0.1) is 0 Å². The minimum atomic E-state index is -1.25. The summed E-state index contributed by atoms with van der Waals surface area (Å²) in [6.07, 6.45) is 0. The molecular weight excluding hydrogens is 317 g/mol. The molecule has 1 unspecified atom stereocenters. The number of urea groups is 1. The van der Waals surface area contributed by atoms with Gasteiger partial charge in [-0.2, -0.15) is 0 Å². The first-order valence-electron chi connectivity index (χ1n) is 6.20. The molecule has 0 bridgehead atoms. The van der Waals surface area contributed by atoms with Crippen molar-refractivity contribution in [3.8, 4) is 0 Å². The van der Waals surface area contributed by atoms with Crippen molar-refractivity contribution in [2.75, 3.05) is 4.90 Å². The van der Waals surface area contributed by atoms with Gasteiger partial charge in [0.1, 0.15) is 0 Å². The molecular formula is C13H13Cl2N3O3. The zero-order valence-electron chi connectivity index (χ0n) is 11.3. The number of carbonyl (C=O) groups is 3. The van der Waals surface area contributed by atoms with E-state index in [1.807, 2.05) is 0 Å². The van der Waals surface area contributed by atoms with Crippen LogP contribution in [-0.4, -0.2) is 29.9 Å². The molecule has 21 heavy (non-hydrogen) atoms. The zero-order chi connectivity index (χ0) is 15.7. The quantitative estimate of drug-likeness (QED) is 0.657. The average Bonchev–Trinajstić information content (AvgIpc) is 2.62. The number of nitrogens with one attached hydrogen (secondary N) is 2. The van der Waals surface area contributed by atoms with Crippen molar-refractivity contribution < 1.29 is 14.4 Å². The number of imide groups is 1. The largest absolute Gasteiger partial charge is 0.352 e. The van der Waals surface area contributed by atoms with Gasteiger partial charge in [-0.05, 0) is 32.0 Å². The summed E-state index contributed by atoms with van der Waals surface area (Å²) in [6, 6.07) is 2.24. The Morgan fingerprint density at radius 3 is 2.33 bits per heavy atom. The van der Waals surface area contributed by atoms with E-state index in [2.05, 4.69) is 10.6 Å². The van der Waals surface area contributed by atoms with Crippen LogP contribution in [0.25, 0.3) is 0 Å². The lowest BCUT2D eigenvalue weighted by atomic mass is 10.2. The van der Waals surface area contributed by atoms with Crippen LogP contribution in [0.4, 0.5) is 10.5 Å². The van der Waals surface area contributed by atoms with E-state index in [1.165, 1.54) is 18.2 Å². The summed E-state index contributed by atoms with van der Waals surface area (Å²) in [4.78, 5) is 36.9. The molecule has 8 heteroatoms. The highest BCUT2D eigenvalue weighted by atomic mass is 35.5. The van der Waals surface area contributed by atoms with Crippen LogP contribution in [0.5, 0.6) is 0 Å². The summed E-state index contributed by atoms with van der Waals surface area (Å²) in [7, 11) is 0. The fourth-order valence-electron chi connectivity index (χ4n) is 1.94. The Kier molecular flexibility index (Phi) is 4.39. The number of rotatable bonds is 3. The highest BCUT2D eigenvalue weighted by Crippen LogP contribution is 2.27. The second-order valence-electron chi connectivity index (χ2n) is 4.85. The molecule has 6 nitrogen and oxygen atoms in total. The Labute approximate surface area is 131 Å². The summed E-state index contributed by atoms with van der Waals surface area (Å²) in [6.45, 7) is 3.52. The smallest absolute Gasteiger partial charge is 0.329 e. The maximum Gasteiger partial charge on any atom is 0.329 e. The molecule has 1 atom stereocenters. The van der Waals surface area contributed by atoms with Crippen LogP contribution in [0.2, 0.25) is 10.0 Å². The van der Waals surface area contributed by atoms with Gasteiger partial charge in [0, 0.05) is 16.1 Å². The Bertz CT molecular complexity index is 598. The lowest BCUT2D eigenvalue weighted by molar-refractivity contribution is -0.129. The number of amides is 4. The second-order valence-corrected chi connectivity index (χ2v) is 5.72. The molecule has 1 fully saturated rings. The van der Waals surface area contributed by atoms with Crippen molar-refractivity contribution in [3.05, 3.63) is 28.2 Å². The second kappa shape index (κ2) is 5.91. The number of benzene rings is 1. The number of halogens is 2. The maximum atomic E-state index is 12.3. The molecule has 0 aromatic heterocycles. The third-order valence-corrected chi connectivity index (χ3v) is 3.17. The Balaban J connectivity index is 2.28. The molecule has 0 spiro atoms. The van der Waals surface area contributed by atoms with Gasteiger partial charge in [-0.3, -0.25) is 9.59 Å². The first kappa shape index (κ1) is 15.6. The van der Waals surface area contributed by atoms with Gasteiger partial charge in [-0.15, -0.1) is 0 Å². The molecule has 2 N–H and O–H groups in total. The highest BCUT2D eigenvalue weighted by molar-refractivity contribution is 6.36. The first-order valence-corrected chi connectivity index (χ1v) is 6.96. The zero-order valence-corrected chi connectivity index (χ0v) is 12.8. The van der Waals surface area contributed by atoms with E-state index in [9.17, 15) is 14.4 Å². The lowest BCUT2D eigenvalue weighted by Gasteiger charge is -2.14. The van der Waals surface area contributed by atoms with Crippen molar-refractivity contribution in [1.29, 1.82) is 0 Å². The van der Waals surface area contributed by atoms with Crippen molar-refractivity contribution in [2.24, 2.45) is 0 Å². The predicted octanol–water partition coefficient (Wildman–Crippen LogP) is 1.94. The SMILES string of the molecule is CC(C)NC(=O)C1NC(=O)N(c2cc(Cl)cc(Cl)c2)C1=O. The molecule has 0 radical (unpaired) electrons. The van der Waals surface area contributed by atoms with E-state index in [0.29, 0.717) is 0 Å². The molecule has 0 aliphatic carbocycles. The van der Waals surface area contributed by atoms with Gasteiger partial charge < -0.3 is 10.6 Å². The van der Waals surface area contributed by atoms with E-state index in [4.69, 9.17) is 23.2 Å². The van der Waals surface area contributed by atoms with Gasteiger partial charge >= 0.3 is 6.03 Å². The number of carbonyl (C=O) groups excluding carboxylic acids is 3. The normalized spacial score (nSPS) is 18.1. The molecule has 4 amide bonds. The fourth-order valence-corrected chi connectivity index (χ4v) is 2.45. The standard InChI is InChI=1S/C13H13Cl2N3O3/c1-6(2)16-11(19)10-12(20)18(13(21)17-10)9-4-7(14)3-8(15)5-9/h3-6,10H,1-2H3,(H,16,19)(H,17,21). The van der Waals surface area contributed by atoms with Gasteiger partial charge in [0.2, 0.25) is 0 Å². The number of hydrogen-bond acceptors (Lipinski definition) is 3. The van der Waals surface area contributed by atoms with Crippen LogP contribution >= 0.6 is 23.2 Å². The van der Waals surface area contributed by atoms with E-state index in [1.54, 1.807) is 13.8 Å². The van der Waals surface area contributed by atoms with Crippen molar-refractivity contribution in [3.63, 3.8) is 0 Å². The molecule has 1 aliphatic heterocycles. The number of hydrogen-bond donors (Lipinski definition) is 2. The van der Waals surface area contributed by atoms with Gasteiger partial charge in [-0.1, -0.05) is 23.2 Å². The van der Waals surface area contributed by atoms with Crippen LogP contribution in [0.3, 0.4) is 0 Å². The van der Waals surface area contributed by atoms with Crippen molar-refractivity contribution >= 4 is 46.7 Å². The molecule has 1 saturated heterocycles. The molecule has 1 aliphatic rings. The summed E-state index contributed by atoms with van der Waals surface area (Å²) < 4.78 is 0. The molecule has 1 aromatic rings. The molecule has 1 heterocycles. The first-order chi connectivity index (χ1) is 9.79. The Morgan fingerprint density at radius 2 is 1.81 bits per heavy atom. The van der Waals surface area contributed by atoms with E-state index in [0.717, 1.165) is 4.90 Å². The van der Waals surface area contributed by atoms with Crippen LogP contribution in [-0.2, 0) is 9.59 Å². The average molecular weight is 330 g/mol. The lowest BCUT2D eigenvalue weighted by Crippen LogP contribution is -2.47. The summed E-state index contributed by atoms with van der Waals surface area (Å²) >= 11 is 11.7. The highest BCUT2D eigenvalue weighted by Gasteiger charge is 2.43. The van der Waals surface area contributed by atoms with Gasteiger partial charge in [0.05, 0.1) is 5.69 Å². The van der Waals surface area contributed by atoms with Crippen molar-refractivity contribution in [2.45, 2.75) is 25.9 Å². The summed E-state index contributed by atoms with van der Waals surface area (Å²) in [5.74, 6) is -1.23. The van der Waals surface area contributed by atoms with E-state index < -0.39 is 23.9 Å². The maximum absolute atomic E-state index is 12.3. The molecule has 112 valence electrons. The number of anilines is 1. The van der Waals surface area contributed by atoms with E-state index in [-0.39, 0.29) is 21.8 Å². The summed E-state index contributed by atoms with van der Waals surface area (Å²) in [5.41, 5.74) is 0.217.